The van der Waals surface area contributed by atoms with Gasteiger partial charge in [0, 0.05) is 25.2 Å². The van der Waals surface area contributed by atoms with Crippen molar-refractivity contribution >= 4 is 0 Å². The minimum atomic E-state index is 0.168. The van der Waals surface area contributed by atoms with Crippen LogP contribution in [0.5, 0.6) is 0 Å². The van der Waals surface area contributed by atoms with Crippen LogP contribution < -0.4 is 5.73 Å². The minimum absolute atomic E-state index is 0.168. The zero-order chi connectivity index (χ0) is 12.0. The topological polar surface area (TPSA) is 38.5 Å². The molecule has 3 nitrogen and oxygen atoms in total. The highest BCUT2D eigenvalue weighted by Crippen LogP contribution is 2.14. The van der Waals surface area contributed by atoms with Gasteiger partial charge in [-0.2, -0.15) is 0 Å². The maximum Gasteiger partial charge on any atom is 0.0853 e. The highest BCUT2D eigenvalue weighted by atomic mass is 16.5. The third-order valence-electron chi connectivity index (χ3n) is 3.28. The SMILES string of the molecule is C=CCCCC(N)C1CN(C(C)C)CCO1. The van der Waals surface area contributed by atoms with Crippen molar-refractivity contribution in [3.05, 3.63) is 12.7 Å². The fraction of sp³-hybridized carbons (Fsp3) is 0.846. The van der Waals surface area contributed by atoms with Gasteiger partial charge in [0.15, 0.2) is 0 Å². The number of unbranched alkanes of at least 4 members (excludes halogenated alkanes) is 1. The van der Waals surface area contributed by atoms with Crippen LogP contribution in [0, 0.1) is 0 Å². The number of ether oxygens (including phenoxy) is 1. The first-order valence-corrected chi connectivity index (χ1v) is 6.37. The Morgan fingerprint density at radius 2 is 2.31 bits per heavy atom. The Balaban J connectivity index is 2.31. The van der Waals surface area contributed by atoms with Crippen LogP contribution in [0.3, 0.4) is 0 Å². The van der Waals surface area contributed by atoms with Gasteiger partial charge in [-0.1, -0.05) is 6.08 Å². The summed E-state index contributed by atoms with van der Waals surface area (Å²) in [5.41, 5.74) is 6.17. The van der Waals surface area contributed by atoms with Crippen molar-refractivity contribution in [2.75, 3.05) is 19.7 Å². The Labute approximate surface area is 99.6 Å². The van der Waals surface area contributed by atoms with E-state index in [1.807, 2.05) is 6.08 Å². The number of rotatable bonds is 6. The molecule has 0 spiro atoms. The summed E-state index contributed by atoms with van der Waals surface area (Å²) in [6.07, 6.45) is 5.36. The molecular weight excluding hydrogens is 200 g/mol. The monoisotopic (exact) mass is 226 g/mol. The van der Waals surface area contributed by atoms with Gasteiger partial charge >= 0.3 is 0 Å². The zero-order valence-electron chi connectivity index (χ0n) is 10.7. The summed E-state index contributed by atoms with van der Waals surface area (Å²) in [4.78, 5) is 2.45. The number of allylic oxidation sites excluding steroid dienone is 1. The highest BCUT2D eigenvalue weighted by Gasteiger charge is 2.26. The number of hydrogen-bond donors (Lipinski definition) is 1. The fourth-order valence-electron chi connectivity index (χ4n) is 2.11. The Bertz CT molecular complexity index is 206. The van der Waals surface area contributed by atoms with Crippen molar-refractivity contribution in [3.8, 4) is 0 Å². The van der Waals surface area contributed by atoms with Gasteiger partial charge in [-0.15, -0.1) is 6.58 Å². The van der Waals surface area contributed by atoms with Crippen LogP contribution >= 0.6 is 0 Å². The van der Waals surface area contributed by atoms with Gasteiger partial charge in [-0.25, -0.2) is 0 Å². The van der Waals surface area contributed by atoms with Crippen molar-refractivity contribution in [2.45, 2.75) is 51.3 Å². The van der Waals surface area contributed by atoms with Gasteiger partial charge in [0.05, 0.1) is 12.7 Å². The molecule has 94 valence electrons. The molecule has 1 saturated heterocycles. The van der Waals surface area contributed by atoms with Crippen LogP contribution in [0.25, 0.3) is 0 Å². The predicted molar refractivity (Wildman–Crippen MR) is 68.5 cm³/mol. The molecule has 0 aromatic heterocycles. The van der Waals surface area contributed by atoms with Gasteiger partial charge in [0.1, 0.15) is 0 Å². The molecule has 1 aliphatic heterocycles. The van der Waals surface area contributed by atoms with Gasteiger partial charge in [-0.05, 0) is 33.1 Å². The molecule has 2 atom stereocenters. The molecule has 1 aliphatic rings. The summed E-state index contributed by atoms with van der Waals surface area (Å²) >= 11 is 0. The smallest absolute Gasteiger partial charge is 0.0853 e. The summed E-state index contributed by atoms with van der Waals surface area (Å²) in [6, 6.07) is 0.758. The van der Waals surface area contributed by atoms with Gasteiger partial charge in [0.2, 0.25) is 0 Å². The molecule has 2 unspecified atom stereocenters. The number of hydrogen-bond acceptors (Lipinski definition) is 3. The standard InChI is InChI=1S/C13H26N2O/c1-4-5-6-7-12(14)13-10-15(11(2)3)8-9-16-13/h4,11-13H,1,5-10,14H2,2-3H3. The quantitative estimate of drug-likeness (QED) is 0.554. The first kappa shape index (κ1) is 13.7. The molecule has 0 aromatic carbocycles. The molecule has 16 heavy (non-hydrogen) atoms. The Kier molecular flexibility index (Phi) is 6.03. The van der Waals surface area contributed by atoms with Crippen molar-refractivity contribution < 1.29 is 4.74 Å². The summed E-state index contributed by atoms with van der Waals surface area (Å²) in [5.74, 6) is 0. The van der Waals surface area contributed by atoms with Crippen molar-refractivity contribution in [3.63, 3.8) is 0 Å². The number of morpholine rings is 1. The molecule has 0 aliphatic carbocycles. The van der Waals surface area contributed by atoms with Crippen LogP contribution in [0.15, 0.2) is 12.7 Å². The van der Waals surface area contributed by atoms with E-state index in [1.54, 1.807) is 0 Å². The lowest BCUT2D eigenvalue weighted by molar-refractivity contribution is -0.0508. The summed E-state index contributed by atoms with van der Waals surface area (Å²) in [6.45, 7) is 11.0. The van der Waals surface area contributed by atoms with E-state index in [1.165, 1.54) is 0 Å². The molecule has 1 fully saturated rings. The molecular formula is C13H26N2O. The first-order chi connectivity index (χ1) is 7.65. The van der Waals surface area contributed by atoms with Gasteiger partial charge in [0.25, 0.3) is 0 Å². The second-order valence-electron chi connectivity index (χ2n) is 4.88. The Morgan fingerprint density at radius 3 is 2.94 bits per heavy atom. The average molecular weight is 226 g/mol. The van der Waals surface area contributed by atoms with E-state index in [9.17, 15) is 0 Å². The summed E-state index contributed by atoms with van der Waals surface area (Å²) in [5, 5.41) is 0. The molecule has 0 radical (unpaired) electrons. The van der Waals surface area contributed by atoms with Crippen LogP contribution in [0.2, 0.25) is 0 Å². The normalized spacial score (nSPS) is 24.6. The van der Waals surface area contributed by atoms with Crippen LogP contribution in [0.4, 0.5) is 0 Å². The second-order valence-corrected chi connectivity index (χ2v) is 4.88. The lowest BCUT2D eigenvalue weighted by Gasteiger charge is -2.37. The molecule has 0 saturated carbocycles. The van der Waals surface area contributed by atoms with Crippen molar-refractivity contribution in [2.24, 2.45) is 5.73 Å². The lowest BCUT2D eigenvalue weighted by Crippen LogP contribution is -2.52. The van der Waals surface area contributed by atoms with E-state index in [2.05, 4.69) is 25.3 Å². The van der Waals surface area contributed by atoms with E-state index in [0.29, 0.717) is 6.04 Å². The van der Waals surface area contributed by atoms with E-state index >= 15 is 0 Å². The van der Waals surface area contributed by atoms with Crippen LogP contribution in [0.1, 0.15) is 33.1 Å². The third kappa shape index (κ3) is 4.24. The molecule has 0 bridgehead atoms. The molecule has 1 heterocycles. The van der Waals surface area contributed by atoms with Crippen LogP contribution in [-0.2, 0) is 4.74 Å². The van der Waals surface area contributed by atoms with E-state index in [4.69, 9.17) is 10.5 Å². The molecule has 1 rings (SSSR count). The first-order valence-electron chi connectivity index (χ1n) is 6.37. The molecule has 0 amide bonds. The average Bonchev–Trinajstić information content (AvgIpc) is 2.29. The van der Waals surface area contributed by atoms with Gasteiger partial charge < -0.3 is 10.5 Å². The number of nitrogens with zero attached hydrogens (tertiary/aromatic N) is 1. The fourth-order valence-corrected chi connectivity index (χ4v) is 2.11. The minimum Gasteiger partial charge on any atom is -0.374 e. The third-order valence-corrected chi connectivity index (χ3v) is 3.28. The summed E-state index contributed by atoms with van der Waals surface area (Å²) in [7, 11) is 0. The molecule has 0 aromatic rings. The van der Waals surface area contributed by atoms with Gasteiger partial charge in [-0.3, -0.25) is 4.90 Å². The second kappa shape index (κ2) is 7.05. The zero-order valence-corrected chi connectivity index (χ0v) is 10.7. The predicted octanol–water partition coefficient (Wildman–Crippen LogP) is 1.78. The van der Waals surface area contributed by atoms with E-state index in [-0.39, 0.29) is 12.1 Å². The largest absolute Gasteiger partial charge is 0.374 e. The highest BCUT2D eigenvalue weighted by molar-refractivity contribution is 4.82. The van der Waals surface area contributed by atoms with E-state index in [0.717, 1.165) is 39.0 Å². The van der Waals surface area contributed by atoms with Crippen molar-refractivity contribution in [1.29, 1.82) is 0 Å². The molecule has 3 heteroatoms. The maximum absolute atomic E-state index is 6.17. The number of nitrogens with two attached hydrogens (primary N) is 1. The maximum atomic E-state index is 6.17. The molecule has 2 N–H and O–H groups in total. The van der Waals surface area contributed by atoms with Crippen LogP contribution in [-0.4, -0.2) is 42.8 Å². The summed E-state index contributed by atoms with van der Waals surface area (Å²) < 4.78 is 5.76. The Morgan fingerprint density at radius 1 is 1.56 bits per heavy atom. The van der Waals surface area contributed by atoms with E-state index < -0.39 is 0 Å². The lowest BCUT2D eigenvalue weighted by atomic mass is 10.0. The Hall–Kier alpha value is -0.380. The van der Waals surface area contributed by atoms with Crippen molar-refractivity contribution in [1.82, 2.24) is 4.90 Å².